The van der Waals surface area contributed by atoms with Gasteiger partial charge in [-0.3, -0.25) is 0 Å². The highest BCUT2D eigenvalue weighted by Crippen LogP contribution is 2.28. The van der Waals surface area contributed by atoms with Gasteiger partial charge in [-0.2, -0.15) is 11.8 Å². The number of carboxylic acid groups (broad SMARTS) is 1. The maximum Gasteiger partial charge on any atom is 0.329 e. The maximum atomic E-state index is 10.0. The lowest BCUT2D eigenvalue weighted by Crippen LogP contribution is -2.18. The van der Waals surface area contributed by atoms with E-state index in [0.29, 0.717) is 6.61 Å². The molecule has 0 aliphatic carbocycles. The van der Waals surface area contributed by atoms with E-state index < -0.39 is 5.97 Å². The van der Waals surface area contributed by atoms with Gasteiger partial charge in [-0.1, -0.05) is 0 Å². The van der Waals surface area contributed by atoms with Crippen LogP contribution in [0.4, 0.5) is 0 Å². The summed E-state index contributed by atoms with van der Waals surface area (Å²) in [5.74, 6) is 2.54. The van der Waals surface area contributed by atoms with Gasteiger partial charge in [0.25, 0.3) is 0 Å². The van der Waals surface area contributed by atoms with Crippen molar-refractivity contribution in [1.82, 2.24) is 0 Å². The van der Waals surface area contributed by atoms with Crippen LogP contribution in [0.5, 0.6) is 0 Å². The van der Waals surface area contributed by atoms with Crippen molar-refractivity contribution in [2.75, 3.05) is 24.7 Å². The van der Waals surface area contributed by atoms with Gasteiger partial charge in [0.15, 0.2) is 0 Å². The molecule has 0 bridgehead atoms. The predicted octanol–water partition coefficient (Wildman–Crippen LogP) is 1.23. The summed E-state index contributed by atoms with van der Waals surface area (Å²) in [5.41, 5.74) is 0. The summed E-state index contributed by atoms with van der Waals surface area (Å²) in [6.07, 6.45) is 2.19. The fourth-order valence-corrected chi connectivity index (χ4v) is 1.99. The smallest absolute Gasteiger partial charge is 0.329 e. The number of aliphatic carboxylic acids is 1. The summed E-state index contributed by atoms with van der Waals surface area (Å²) in [6, 6.07) is 0. The Hall–Kier alpha value is -0.220. The summed E-state index contributed by atoms with van der Waals surface area (Å²) in [5, 5.41) is 8.25. The molecule has 4 heteroatoms. The lowest BCUT2D eigenvalue weighted by Gasteiger charge is -2.24. The van der Waals surface area contributed by atoms with Gasteiger partial charge in [-0.05, 0) is 30.3 Å². The standard InChI is InChI=1S/C8H14O3S/c9-8(10)4-11-3-1-2-7-5-12-6-7/h7H,1-6H2,(H,9,10). The molecule has 0 amide bonds. The molecular weight excluding hydrogens is 176 g/mol. The van der Waals surface area contributed by atoms with Crippen LogP contribution in [0.3, 0.4) is 0 Å². The minimum atomic E-state index is -0.880. The van der Waals surface area contributed by atoms with Crippen LogP contribution in [0.1, 0.15) is 12.8 Å². The highest BCUT2D eigenvalue weighted by atomic mass is 32.2. The third-order valence-corrected chi connectivity index (χ3v) is 3.25. The SMILES string of the molecule is O=C(O)COCCCC1CSC1. The molecule has 0 aromatic carbocycles. The van der Waals surface area contributed by atoms with Crippen molar-refractivity contribution in [2.45, 2.75) is 12.8 Å². The quantitative estimate of drug-likeness (QED) is 0.640. The van der Waals surface area contributed by atoms with Crippen molar-refractivity contribution in [2.24, 2.45) is 5.92 Å². The van der Waals surface area contributed by atoms with Gasteiger partial charge in [0, 0.05) is 6.61 Å². The average molecular weight is 190 g/mol. The second-order valence-corrected chi connectivity index (χ2v) is 4.07. The first-order valence-corrected chi connectivity index (χ1v) is 5.32. The zero-order valence-electron chi connectivity index (χ0n) is 6.99. The van der Waals surface area contributed by atoms with E-state index in [1.165, 1.54) is 17.9 Å². The maximum absolute atomic E-state index is 10.0. The molecule has 1 N–H and O–H groups in total. The normalized spacial score (nSPS) is 17.3. The van der Waals surface area contributed by atoms with Gasteiger partial charge in [-0.15, -0.1) is 0 Å². The van der Waals surface area contributed by atoms with Gasteiger partial charge < -0.3 is 9.84 Å². The molecule has 0 spiro atoms. The molecule has 1 heterocycles. The Kier molecular flexibility index (Phi) is 4.46. The van der Waals surface area contributed by atoms with Crippen LogP contribution in [0.25, 0.3) is 0 Å². The van der Waals surface area contributed by atoms with Crippen molar-refractivity contribution in [3.8, 4) is 0 Å². The molecule has 1 rings (SSSR count). The van der Waals surface area contributed by atoms with Crippen LogP contribution in [0.15, 0.2) is 0 Å². The van der Waals surface area contributed by atoms with E-state index in [1.54, 1.807) is 0 Å². The van der Waals surface area contributed by atoms with Crippen LogP contribution >= 0.6 is 11.8 Å². The number of carbonyl (C=O) groups is 1. The van der Waals surface area contributed by atoms with Crippen LogP contribution in [-0.4, -0.2) is 35.8 Å². The number of rotatable bonds is 6. The molecule has 1 saturated heterocycles. The topological polar surface area (TPSA) is 46.5 Å². The van der Waals surface area contributed by atoms with Crippen LogP contribution < -0.4 is 0 Å². The summed E-state index contributed by atoms with van der Waals surface area (Å²) in [4.78, 5) is 10.0. The van der Waals surface area contributed by atoms with Crippen molar-refractivity contribution in [3.05, 3.63) is 0 Å². The Morgan fingerprint density at radius 3 is 2.83 bits per heavy atom. The molecule has 12 heavy (non-hydrogen) atoms. The Morgan fingerprint density at radius 2 is 2.33 bits per heavy atom. The Bertz CT molecular complexity index is 145. The molecule has 0 aromatic heterocycles. The number of hydrogen-bond acceptors (Lipinski definition) is 3. The minimum absolute atomic E-state index is 0.153. The van der Waals surface area contributed by atoms with Crippen LogP contribution in [-0.2, 0) is 9.53 Å². The van der Waals surface area contributed by atoms with E-state index in [9.17, 15) is 4.79 Å². The first-order chi connectivity index (χ1) is 5.79. The van der Waals surface area contributed by atoms with E-state index in [-0.39, 0.29) is 6.61 Å². The molecule has 0 unspecified atom stereocenters. The number of carboxylic acids is 1. The van der Waals surface area contributed by atoms with E-state index in [4.69, 9.17) is 9.84 Å². The minimum Gasteiger partial charge on any atom is -0.480 e. The van der Waals surface area contributed by atoms with E-state index >= 15 is 0 Å². The Labute approximate surface area is 76.5 Å². The van der Waals surface area contributed by atoms with Gasteiger partial charge in [0.05, 0.1) is 0 Å². The fourth-order valence-electron chi connectivity index (χ4n) is 1.08. The summed E-state index contributed by atoms with van der Waals surface area (Å²) < 4.78 is 4.91. The summed E-state index contributed by atoms with van der Waals surface area (Å²) in [6.45, 7) is 0.437. The molecule has 1 aliphatic rings. The second-order valence-electron chi connectivity index (χ2n) is 2.99. The zero-order chi connectivity index (χ0) is 8.81. The summed E-state index contributed by atoms with van der Waals surface area (Å²) >= 11 is 1.98. The molecule has 0 radical (unpaired) electrons. The molecular formula is C8H14O3S. The lowest BCUT2D eigenvalue weighted by atomic mass is 10.1. The van der Waals surface area contributed by atoms with Gasteiger partial charge in [0.1, 0.15) is 6.61 Å². The molecule has 0 aromatic rings. The van der Waals surface area contributed by atoms with Crippen LogP contribution in [0.2, 0.25) is 0 Å². The zero-order valence-corrected chi connectivity index (χ0v) is 7.81. The molecule has 70 valence electrons. The fraction of sp³-hybridized carbons (Fsp3) is 0.875. The van der Waals surface area contributed by atoms with Crippen molar-refractivity contribution < 1.29 is 14.6 Å². The first-order valence-electron chi connectivity index (χ1n) is 4.16. The first kappa shape index (κ1) is 9.86. The lowest BCUT2D eigenvalue weighted by molar-refractivity contribution is -0.142. The second kappa shape index (κ2) is 5.43. The molecule has 1 fully saturated rings. The van der Waals surface area contributed by atoms with Crippen molar-refractivity contribution >= 4 is 17.7 Å². The van der Waals surface area contributed by atoms with E-state index in [2.05, 4.69) is 0 Å². The number of thioether (sulfide) groups is 1. The largest absolute Gasteiger partial charge is 0.480 e. The van der Waals surface area contributed by atoms with Gasteiger partial charge >= 0.3 is 5.97 Å². The highest BCUT2D eigenvalue weighted by Gasteiger charge is 2.16. The molecule has 0 atom stereocenters. The van der Waals surface area contributed by atoms with Crippen molar-refractivity contribution in [3.63, 3.8) is 0 Å². The van der Waals surface area contributed by atoms with Gasteiger partial charge in [0.2, 0.25) is 0 Å². The molecule has 3 nitrogen and oxygen atoms in total. The Morgan fingerprint density at radius 1 is 1.58 bits per heavy atom. The molecule has 0 saturated carbocycles. The molecule has 1 aliphatic heterocycles. The van der Waals surface area contributed by atoms with Crippen molar-refractivity contribution in [1.29, 1.82) is 0 Å². The average Bonchev–Trinajstić information content (AvgIpc) is 1.92. The van der Waals surface area contributed by atoms with Gasteiger partial charge in [-0.25, -0.2) is 4.79 Å². The third-order valence-electron chi connectivity index (χ3n) is 1.83. The van der Waals surface area contributed by atoms with E-state index in [1.807, 2.05) is 11.8 Å². The number of hydrogen-bond donors (Lipinski definition) is 1. The highest BCUT2D eigenvalue weighted by molar-refractivity contribution is 8.00. The summed E-state index contributed by atoms with van der Waals surface area (Å²) in [7, 11) is 0. The van der Waals surface area contributed by atoms with Crippen LogP contribution in [0, 0.1) is 5.92 Å². The van der Waals surface area contributed by atoms with E-state index in [0.717, 1.165) is 12.3 Å². The predicted molar refractivity (Wildman–Crippen MR) is 48.5 cm³/mol. The Balaban J connectivity index is 1.79. The third kappa shape index (κ3) is 3.97. The number of ether oxygens (including phenoxy) is 1. The monoisotopic (exact) mass is 190 g/mol.